The molecule has 1 aromatic heterocycles. The molecule has 0 aliphatic carbocycles. The summed E-state index contributed by atoms with van der Waals surface area (Å²) in [4.78, 5) is 28.3. The summed E-state index contributed by atoms with van der Waals surface area (Å²) < 4.78 is 4.73. The Bertz CT molecular complexity index is 727. The Hall–Kier alpha value is -2.83. The van der Waals surface area contributed by atoms with Gasteiger partial charge in [-0.25, -0.2) is 4.79 Å². The summed E-state index contributed by atoms with van der Waals surface area (Å²) in [6, 6.07) is 9.08. The van der Waals surface area contributed by atoms with Crippen LogP contribution in [0.2, 0.25) is 0 Å². The Balaban J connectivity index is 1.56. The van der Waals surface area contributed by atoms with Crippen LogP contribution in [-0.4, -0.2) is 46.0 Å². The smallest absolute Gasteiger partial charge is 0.318 e. The third-order valence-corrected chi connectivity index (χ3v) is 4.41. The normalized spacial score (nSPS) is 17.7. The highest BCUT2D eigenvalue weighted by Gasteiger charge is 2.34. The van der Waals surface area contributed by atoms with Crippen molar-refractivity contribution in [2.24, 2.45) is 0 Å². The zero-order valence-corrected chi connectivity index (χ0v) is 14.4. The third-order valence-electron chi connectivity index (χ3n) is 4.41. The van der Waals surface area contributed by atoms with Crippen LogP contribution >= 0.6 is 0 Å². The molecular formula is C18H22N4O3. The van der Waals surface area contributed by atoms with Gasteiger partial charge in [0.05, 0.1) is 6.54 Å². The van der Waals surface area contributed by atoms with E-state index in [-0.39, 0.29) is 18.5 Å². The molecule has 0 radical (unpaired) electrons. The molecule has 1 aliphatic rings. The van der Waals surface area contributed by atoms with E-state index in [1.807, 2.05) is 31.2 Å². The highest BCUT2D eigenvalue weighted by molar-refractivity contribution is 5.88. The average molecular weight is 342 g/mol. The number of urea groups is 1. The average Bonchev–Trinajstić information content (AvgIpc) is 3.12. The third kappa shape index (κ3) is 3.99. The van der Waals surface area contributed by atoms with Crippen molar-refractivity contribution in [1.82, 2.24) is 20.3 Å². The highest BCUT2D eigenvalue weighted by atomic mass is 16.5. The molecule has 1 aromatic carbocycles. The lowest BCUT2D eigenvalue weighted by molar-refractivity contribution is -0.139. The Morgan fingerprint density at radius 1 is 1.28 bits per heavy atom. The molecule has 1 N–H and O–H groups in total. The summed E-state index contributed by atoms with van der Waals surface area (Å²) in [5, 5.41) is 6.52. The van der Waals surface area contributed by atoms with Crippen LogP contribution in [0.25, 0.3) is 0 Å². The van der Waals surface area contributed by atoms with Crippen molar-refractivity contribution in [1.29, 1.82) is 0 Å². The number of carbonyl (C=O) groups is 2. The second-order valence-corrected chi connectivity index (χ2v) is 6.26. The lowest BCUT2D eigenvalue weighted by Gasteiger charge is -2.39. The van der Waals surface area contributed by atoms with Crippen molar-refractivity contribution >= 4 is 11.9 Å². The molecule has 3 amide bonds. The number of piperazine rings is 1. The summed E-state index contributed by atoms with van der Waals surface area (Å²) in [5.74, 6) is -0.0385. The van der Waals surface area contributed by atoms with Crippen LogP contribution < -0.4 is 5.32 Å². The molecule has 1 atom stereocenters. The monoisotopic (exact) mass is 342 g/mol. The molecule has 1 saturated heterocycles. The maximum absolute atomic E-state index is 12.6. The van der Waals surface area contributed by atoms with E-state index in [1.54, 1.807) is 22.8 Å². The number of carbonyl (C=O) groups excluding carboxylic acids is 2. The van der Waals surface area contributed by atoms with Crippen LogP contribution in [0.15, 0.2) is 41.1 Å². The van der Waals surface area contributed by atoms with E-state index in [1.165, 1.54) is 11.8 Å². The largest absolute Gasteiger partial charge is 0.364 e. The quantitative estimate of drug-likeness (QED) is 0.921. The number of aromatic nitrogens is 1. The van der Waals surface area contributed by atoms with Crippen LogP contribution in [0.4, 0.5) is 4.79 Å². The number of hydrogen-bond acceptors (Lipinski definition) is 4. The van der Waals surface area contributed by atoms with Crippen LogP contribution in [0.1, 0.15) is 23.7 Å². The van der Waals surface area contributed by atoms with Crippen LogP contribution in [-0.2, 0) is 17.9 Å². The molecule has 7 nitrogen and oxygen atoms in total. The number of hydrogen-bond donors (Lipinski definition) is 1. The van der Waals surface area contributed by atoms with Crippen molar-refractivity contribution in [3.8, 4) is 0 Å². The van der Waals surface area contributed by atoms with Gasteiger partial charge in [-0.2, -0.15) is 0 Å². The Labute approximate surface area is 146 Å². The van der Waals surface area contributed by atoms with Gasteiger partial charge in [-0.05, 0) is 19.4 Å². The van der Waals surface area contributed by atoms with Crippen LogP contribution in [0.5, 0.6) is 0 Å². The molecule has 2 aromatic rings. The predicted octanol–water partition coefficient (Wildman–Crippen LogP) is 1.93. The summed E-state index contributed by atoms with van der Waals surface area (Å²) in [5.41, 5.74) is 2.93. The molecule has 1 fully saturated rings. The van der Waals surface area contributed by atoms with Gasteiger partial charge in [0.25, 0.3) is 0 Å². The number of rotatable bonds is 4. The number of amides is 3. The fourth-order valence-electron chi connectivity index (χ4n) is 2.87. The molecule has 132 valence electrons. The van der Waals surface area contributed by atoms with E-state index in [2.05, 4.69) is 10.5 Å². The fraction of sp³-hybridized carbons (Fsp3) is 0.389. The van der Waals surface area contributed by atoms with E-state index >= 15 is 0 Å². The SMILES string of the molecule is Cc1ccc(CN2CCN(C(=O)NCc3ccon3)C(C)C2=O)cc1. The Kier molecular flexibility index (Phi) is 5.02. The van der Waals surface area contributed by atoms with Crippen molar-refractivity contribution in [3.63, 3.8) is 0 Å². The van der Waals surface area contributed by atoms with Crippen molar-refractivity contribution in [2.45, 2.75) is 33.0 Å². The van der Waals surface area contributed by atoms with E-state index in [9.17, 15) is 9.59 Å². The Morgan fingerprint density at radius 2 is 2.04 bits per heavy atom. The van der Waals surface area contributed by atoms with Gasteiger partial charge in [-0.1, -0.05) is 35.0 Å². The number of benzene rings is 1. The first-order valence-electron chi connectivity index (χ1n) is 8.32. The summed E-state index contributed by atoms with van der Waals surface area (Å²) >= 11 is 0. The minimum atomic E-state index is -0.489. The van der Waals surface area contributed by atoms with E-state index < -0.39 is 6.04 Å². The van der Waals surface area contributed by atoms with Gasteiger partial charge >= 0.3 is 6.03 Å². The number of nitrogens with zero attached hydrogens (tertiary/aromatic N) is 3. The van der Waals surface area contributed by atoms with Crippen molar-refractivity contribution in [2.75, 3.05) is 13.1 Å². The number of aryl methyl sites for hydroxylation is 1. The van der Waals surface area contributed by atoms with E-state index in [0.717, 1.165) is 5.56 Å². The second kappa shape index (κ2) is 7.38. The zero-order chi connectivity index (χ0) is 17.8. The van der Waals surface area contributed by atoms with Gasteiger partial charge in [0.15, 0.2) is 0 Å². The Morgan fingerprint density at radius 3 is 2.72 bits per heavy atom. The van der Waals surface area contributed by atoms with Crippen LogP contribution in [0.3, 0.4) is 0 Å². The lowest BCUT2D eigenvalue weighted by Crippen LogP contribution is -2.59. The second-order valence-electron chi connectivity index (χ2n) is 6.26. The van der Waals surface area contributed by atoms with Crippen molar-refractivity contribution < 1.29 is 14.1 Å². The van der Waals surface area contributed by atoms with E-state index in [4.69, 9.17) is 4.52 Å². The minimum Gasteiger partial charge on any atom is -0.364 e. The highest BCUT2D eigenvalue weighted by Crippen LogP contribution is 2.15. The summed E-state index contributed by atoms with van der Waals surface area (Å²) in [6.45, 7) is 5.67. The van der Waals surface area contributed by atoms with Gasteiger partial charge in [-0.15, -0.1) is 0 Å². The minimum absolute atomic E-state index is 0.0385. The summed E-state index contributed by atoms with van der Waals surface area (Å²) in [7, 11) is 0. The molecule has 0 spiro atoms. The maximum Gasteiger partial charge on any atom is 0.318 e. The molecule has 0 bridgehead atoms. The first-order chi connectivity index (χ1) is 12.0. The van der Waals surface area contributed by atoms with Gasteiger partial charge in [-0.3, -0.25) is 4.79 Å². The standard InChI is InChI=1S/C18H22N4O3/c1-13-3-5-15(6-4-13)12-21-8-9-22(14(2)17(21)23)18(24)19-11-16-7-10-25-20-16/h3-7,10,14H,8-9,11-12H2,1-2H3,(H,19,24). The molecule has 3 rings (SSSR count). The molecule has 7 heteroatoms. The molecule has 1 aliphatic heterocycles. The molecule has 2 heterocycles. The summed E-state index contributed by atoms with van der Waals surface area (Å²) in [6.07, 6.45) is 1.46. The molecule has 1 unspecified atom stereocenters. The fourth-order valence-corrected chi connectivity index (χ4v) is 2.87. The van der Waals surface area contributed by atoms with E-state index in [0.29, 0.717) is 25.3 Å². The first kappa shape index (κ1) is 17.0. The van der Waals surface area contributed by atoms with Gasteiger partial charge in [0.1, 0.15) is 18.0 Å². The zero-order valence-electron chi connectivity index (χ0n) is 14.4. The van der Waals surface area contributed by atoms with Crippen LogP contribution in [0, 0.1) is 6.92 Å². The molecular weight excluding hydrogens is 320 g/mol. The maximum atomic E-state index is 12.6. The number of nitrogens with one attached hydrogen (secondary N) is 1. The van der Waals surface area contributed by atoms with Gasteiger partial charge < -0.3 is 19.6 Å². The van der Waals surface area contributed by atoms with Gasteiger partial charge in [0.2, 0.25) is 5.91 Å². The van der Waals surface area contributed by atoms with Crippen molar-refractivity contribution in [3.05, 3.63) is 53.4 Å². The topological polar surface area (TPSA) is 78.7 Å². The first-order valence-corrected chi connectivity index (χ1v) is 8.32. The predicted molar refractivity (Wildman–Crippen MR) is 91.5 cm³/mol. The molecule has 25 heavy (non-hydrogen) atoms. The molecule has 0 saturated carbocycles. The van der Waals surface area contributed by atoms with Gasteiger partial charge in [0, 0.05) is 25.7 Å². The lowest BCUT2D eigenvalue weighted by atomic mass is 10.1.